The molecule has 5 heteroatoms. The first kappa shape index (κ1) is 16.5. The number of amides is 1. The summed E-state index contributed by atoms with van der Waals surface area (Å²) in [5, 5.41) is 4.08. The number of furan rings is 1. The van der Waals surface area contributed by atoms with Crippen LogP contribution >= 0.6 is 0 Å². The average Bonchev–Trinajstić information content (AvgIpc) is 3.20. The molecule has 1 amide bonds. The fraction of sp³-hybridized carbons (Fsp3) is 0.286. The molecule has 0 saturated heterocycles. The molecule has 0 bridgehead atoms. The lowest BCUT2D eigenvalue weighted by Crippen LogP contribution is -2.41. The Kier molecular flexibility index (Phi) is 3.87. The molecule has 26 heavy (non-hydrogen) atoms. The van der Waals surface area contributed by atoms with Crippen LogP contribution in [0.25, 0.3) is 11.0 Å². The second-order valence-corrected chi connectivity index (χ2v) is 7.18. The monoisotopic (exact) mass is 351 g/mol. The van der Waals surface area contributed by atoms with E-state index in [4.69, 9.17) is 13.9 Å². The molecule has 1 aromatic heterocycles. The number of ether oxygens (including phenoxy) is 2. The molecule has 1 N–H and O–H groups in total. The quantitative estimate of drug-likeness (QED) is 0.770. The fourth-order valence-corrected chi connectivity index (χ4v) is 3.25. The number of carbonyl (C=O) groups is 1. The molecule has 0 unspecified atom stereocenters. The maximum Gasteiger partial charge on any atom is 0.231 e. The summed E-state index contributed by atoms with van der Waals surface area (Å²) in [6.45, 7) is 6.19. The Labute approximate surface area is 151 Å². The van der Waals surface area contributed by atoms with Gasteiger partial charge in [0.25, 0.3) is 0 Å². The predicted molar refractivity (Wildman–Crippen MR) is 98.4 cm³/mol. The van der Waals surface area contributed by atoms with Gasteiger partial charge in [0.15, 0.2) is 11.5 Å². The summed E-state index contributed by atoms with van der Waals surface area (Å²) in [5.74, 6) is 1.38. The van der Waals surface area contributed by atoms with E-state index < -0.39 is 5.54 Å². The van der Waals surface area contributed by atoms with Gasteiger partial charge in [-0.1, -0.05) is 18.2 Å². The van der Waals surface area contributed by atoms with Crippen molar-refractivity contribution in [1.29, 1.82) is 0 Å². The normalized spacial score (nSPS) is 13.2. The number of rotatable bonds is 4. The van der Waals surface area contributed by atoms with E-state index in [-0.39, 0.29) is 19.1 Å². The molecule has 1 aliphatic rings. The van der Waals surface area contributed by atoms with Crippen LogP contribution in [0.15, 0.2) is 47.1 Å². The predicted octanol–water partition coefficient (Wildman–Crippen LogP) is 4.06. The third-order valence-electron chi connectivity index (χ3n) is 4.71. The molecule has 5 nitrogen and oxygen atoms in total. The van der Waals surface area contributed by atoms with Gasteiger partial charge in [0.05, 0.1) is 18.2 Å². The summed E-state index contributed by atoms with van der Waals surface area (Å²) in [7, 11) is 0. The molecule has 0 radical (unpaired) electrons. The van der Waals surface area contributed by atoms with Crippen molar-refractivity contribution in [3.8, 4) is 11.5 Å². The van der Waals surface area contributed by atoms with Gasteiger partial charge in [-0.05, 0) is 50.1 Å². The van der Waals surface area contributed by atoms with Gasteiger partial charge in [0.1, 0.15) is 5.58 Å². The van der Waals surface area contributed by atoms with E-state index in [9.17, 15) is 4.79 Å². The molecule has 0 spiro atoms. The second kappa shape index (κ2) is 6.09. The van der Waals surface area contributed by atoms with E-state index in [1.807, 2.05) is 57.2 Å². The maximum atomic E-state index is 12.6. The highest BCUT2D eigenvalue weighted by atomic mass is 16.7. The third kappa shape index (κ3) is 3.01. The smallest absolute Gasteiger partial charge is 0.231 e. The van der Waals surface area contributed by atoms with Gasteiger partial charge in [0.2, 0.25) is 12.7 Å². The first-order valence-electron chi connectivity index (χ1n) is 8.60. The van der Waals surface area contributed by atoms with Crippen molar-refractivity contribution in [3.05, 3.63) is 59.4 Å². The average molecular weight is 351 g/mol. The van der Waals surface area contributed by atoms with Crippen LogP contribution in [0.2, 0.25) is 0 Å². The standard InChI is InChI=1S/C21H21NO4/c1-13-4-6-16-14(11-24-18(16)8-13)9-20(23)22-21(2,3)15-5-7-17-19(10-15)26-12-25-17/h4-8,10-11H,9,12H2,1-3H3,(H,22,23). The zero-order valence-electron chi connectivity index (χ0n) is 15.1. The van der Waals surface area contributed by atoms with Crippen molar-refractivity contribution in [2.75, 3.05) is 6.79 Å². The minimum Gasteiger partial charge on any atom is -0.464 e. The van der Waals surface area contributed by atoms with Gasteiger partial charge in [-0.25, -0.2) is 0 Å². The largest absolute Gasteiger partial charge is 0.464 e. The molecule has 3 aromatic rings. The Morgan fingerprint density at radius 3 is 2.77 bits per heavy atom. The number of carbonyl (C=O) groups excluding carboxylic acids is 1. The van der Waals surface area contributed by atoms with E-state index in [0.29, 0.717) is 5.75 Å². The molecular weight excluding hydrogens is 330 g/mol. The van der Waals surface area contributed by atoms with E-state index in [0.717, 1.165) is 33.4 Å². The van der Waals surface area contributed by atoms with Crippen LogP contribution in [-0.2, 0) is 16.8 Å². The molecule has 2 heterocycles. The van der Waals surface area contributed by atoms with Gasteiger partial charge in [-0.15, -0.1) is 0 Å². The van der Waals surface area contributed by atoms with E-state index in [1.54, 1.807) is 6.26 Å². The van der Waals surface area contributed by atoms with E-state index >= 15 is 0 Å². The Hall–Kier alpha value is -2.95. The van der Waals surface area contributed by atoms with Crippen LogP contribution in [0, 0.1) is 6.92 Å². The van der Waals surface area contributed by atoms with E-state index in [2.05, 4.69) is 5.32 Å². The molecule has 0 fully saturated rings. The van der Waals surface area contributed by atoms with Crippen molar-refractivity contribution in [3.63, 3.8) is 0 Å². The van der Waals surface area contributed by atoms with Crippen LogP contribution in [0.1, 0.15) is 30.5 Å². The lowest BCUT2D eigenvalue weighted by atomic mass is 9.93. The van der Waals surface area contributed by atoms with Crippen LogP contribution in [0.3, 0.4) is 0 Å². The van der Waals surface area contributed by atoms with Crippen LogP contribution in [-0.4, -0.2) is 12.7 Å². The molecule has 0 saturated carbocycles. The zero-order valence-corrected chi connectivity index (χ0v) is 15.1. The minimum absolute atomic E-state index is 0.0593. The van der Waals surface area contributed by atoms with Crippen molar-refractivity contribution in [2.45, 2.75) is 32.7 Å². The highest BCUT2D eigenvalue weighted by Gasteiger charge is 2.26. The Bertz CT molecular complexity index is 987. The Morgan fingerprint density at radius 1 is 1.12 bits per heavy atom. The first-order valence-corrected chi connectivity index (χ1v) is 8.60. The number of hydrogen-bond acceptors (Lipinski definition) is 4. The molecular formula is C21H21NO4. The molecule has 0 atom stereocenters. The van der Waals surface area contributed by atoms with Gasteiger partial charge in [-0.3, -0.25) is 4.79 Å². The van der Waals surface area contributed by atoms with Crippen LogP contribution in [0.4, 0.5) is 0 Å². The van der Waals surface area contributed by atoms with E-state index in [1.165, 1.54) is 0 Å². The summed E-state index contributed by atoms with van der Waals surface area (Å²) in [5.41, 5.74) is 3.25. The summed E-state index contributed by atoms with van der Waals surface area (Å²) < 4.78 is 16.4. The summed E-state index contributed by atoms with van der Waals surface area (Å²) in [6.07, 6.45) is 1.93. The maximum absolute atomic E-state index is 12.6. The fourth-order valence-electron chi connectivity index (χ4n) is 3.25. The highest BCUT2D eigenvalue weighted by Crippen LogP contribution is 2.35. The third-order valence-corrected chi connectivity index (χ3v) is 4.71. The number of benzene rings is 2. The van der Waals surface area contributed by atoms with Crippen molar-refractivity contribution >= 4 is 16.9 Å². The Morgan fingerprint density at radius 2 is 1.92 bits per heavy atom. The van der Waals surface area contributed by atoms with Crippen molar-refractivity contribution < 1.29 is 18.7 Å². The van der Waals surface area contributed by atoms with Crippen LogP contribution < -0.4 is 14.8 Å². The van der Waals surface area contributed by atoms with Gasteiger partial charge in [0, 0.05) is 10.9 Å². The number of hydrogen-bond donors (Lipinski definition) is 1. The van der Waals surface area contributed by atoms with Gasteiger partial charge >= 0.3 is 0 Å². The molecule has 134 valence electrons. The summed E-state index contributed by atoms with van der Waals surface area (Å²) in [6, 6.07) is 11.7. The summed E-state index contributed by atoms with van der Waals surface area (Å²) >= 11 is 0. The molecule has 0 aliphatic carbocycles. The zero-order chi connectivity index (χ0) is 18.3. The van der Waals surface area contributed by atoms with Gasteiger partial charge in [-0.2, -0.15) is 0 Å². The number of aryl methyl sites for hydroxylation is 1. The van der Waals surface area contributed by atoms with Crippen molar-refractivity contribution in [2.24, 2.45) is 0 Å². The molecule has 2 aromatic carbocycles. The number of nitrogens with one attached hydrogen (secondary N) is 1. The molecule has 1 aliphatic heterocycles. The highest BCUT2D eigenvalue weighted by molar-refractivity contribution is 5.88. The Balaban J connectivity index is 1.51. The van der Waals surface area contributed by atoms with Crippen molar-refractivity contribution in [1.82, 2.24) is 5.32 Å². The molecule has 4 rings (SSSR count). The SMILES string of the molecule is Cc1ccc2c(CC(=O)NC(C)(C)c3ccc4c(c3)OCO4)coc2c1. The first-order chi connectivity index (χ1) is 12.4. The topological polar surface area (TPSA) is 60.7 Å². The lowest BCUT2D eigenvalue weighted by Gasteiger charge is -2.27. The lowest BCUT2D eigenvalue weighted by molar-refractivity contribution is -0.122. The number of fused-ring (bicyclic) bond motifs is 2. The van der Waals surface area contributed by atoms with Crippen LogP contribution in [0.5, 0.6) is 11.5 Å². The summed E-state index contributed by atoms with van der Waals surface area (Å²) in [4.78, 5) is 12.6. The second-order valence-electron chi connectivity index (χ2n) is 7.18. The minimum atomic E-state index is -0.534. The van der Waals surface area contributed by atoms with Gasteiger partial charge < -0.3 is 19.2 Å².